The summed E-state index contributed by atoms with van der Waals surface area (Å²) in [7, 11) is 0. The summed E-state index contributed by atoms with van der Waals surface area (Å²) >= 11 is 1.50. The third kappa shape index (κ3) is 4.64. The maximum atomic E-state index is 13.1. The molecule has 1 aromatic carbocycles. The summed E-state index contributed by atoms with van der Waals surface area (Å²) in [6.07, 6.45) is 3.07. The Balaban J connectivity index is 1.03. The number of aromatic nitrogens is 1. The van der Waals surface area contributed by atoms with Gasteiger partial charge in [0.25, 0.3) is 17.7 Å². The van der Waals surface area contributed by atoms with Crippen molar-refractivity contribution in [2.24, 2.45) is 0 Å². The number of fused-ring (bicyclic) bond motifs is 1. The van der Waals surface area contributed by atoms with Crippen LogP contribution in [0.5, 0.6) is 0 Å². The van der Waals surface area contributed by atoms with Gasteiger partial charge in [-0.15, -0.1) is 11.3 Å². The van der Waals surface area contributed by atoms with Gasteiger partial charge >= 0.3 is 0 Å². The molecule has 37 heavy (non-hydrogen) atoms. The quantitative estimate of drug-likeness (QED) is 0.403. The molecular formula is C27H26N4O5S. The molecule has 0 saturated carbocycles. The number of thiazole rings is 1. The molecule has 10 heteroatoms. The minimum Gasteiger partial charge on any atom is -0.459 e. The lowest BCUT2D eigenvalue weighted by molar-refractivity contribution is 0.0515. The molecule has 2 saturated heterocycles. The minimum atomic E-state index is -0.154. The number of hydrogen-bond acceptors (Lipinski definition) is 7. The molecule has 190 valence electrons. The number of benzene rings is 1. The fraction of sp³-hybridized carbons (Fsp3) is 0.333. The summed E-state index contributed by atoms with van der Waals surface area (Å²) in [5.74, 6) is 0.550. The van der Waals surface area contributed by atoms with Crippen LogP contribution in [0.15, 0.2) is 62.9 Å². The molecule has 0 spiro atoms. The van der Waals surface area contributed by atoms with Crippen molar-refractivity contribution in [3.63, 3.8) is 0 Å². The van der Waals surface area contributed by atoms with Crippen LogP contribution in [-0.4, -0.2) is 76.7 Å². The van der Waals surface area contributed by atoms with Crippen LogP contribution in [0.4, 0.5) is 0 Å². The first-order valence-corrected chi connectivity index (χ1v) is 13.3. The van der Waals surface area contributed by atoms with E-state index in [1.165, 1.54) is 17.6 Å². The Labute approximate surface area is 217 Å². The van der Waals surface area contributed by atoms with E-state index in [1.54, 1.807) is 28.0 Å². The van der Waals surface area contributed by atoms with Crippen LogP contribution in [0.25, 0.3) is 11.0 Å². The monoisotopic (exact) mass is 518 g/mol. The molecule has 9 nitrogen and oxygen atoms in total. The van der Waals surface area contributed by atoms with Gasteiger partial charge in [-0.2, -0.15) is 0 Å². The Hall–Kier alpha value is -3.92. The molecule has 0 bridgehead atoms. The fourth-order valence-electron chi connectivity index (χ4n) is 4.98. The van der Waals surface area contributed by atoms with Crippen molar-refractivity contribution in [3.05, 3.63) is 76.3 Å². The van der Waals surface area contributed by atoms with Gasteiger partial charge in [-0.05, 0) is 37.1 Å². The number of hydrogen-bond donors (Lipinski definition) is 0. The maximum Gasteiger partial charge on any atom is 0.289 e. The highest BCUT2D eigenvalue weighted by Crippen LogP contribution is 2.32. The second kappa shape index (κ2) is 9.85. The Morgan fingerprint density at radius 2 is 1.49 bits per heavy atom. The zero-order valence-corrected chi connectivity index (χ0v) is 21.0. The second-order valence-corrected chi connectivity index (χ2v) is 10.2. The minimum absolute atomic E-state index is 0.0886. The number of para-hydroxylation sites is 1. The smallest absolute Gasteiger partial charge is 0.289 e. The van der Waals surface area contributed by atoms with E-state index in [1.807, 2.05) is 34.5 Å². The zero-order chi connectivity index (χ0) is 25.4. The first kappa shape index (κ1) is 23.5. The van der Waals surface area contributed by atoms with Crippen LogP contribution in [0.2, 0.25) is 0 Å². The van der Waals surface area contributed by atoms with Gasteiger partial charge in [-0.3, -0.25) is 14.4 Å². The lowest BCUT2D eigenvalue weighted by atomic mass is 9.97. The number of piperidine rings is 1. The molecule has 4 aromatic rings. The topological polar surface area (TPSA) is 100 Å². The molecule has 3 amide bonds. The molecule has 0 aliphatic carbocycles. The molecule has 0 unspecified atom stereocenters. The molecule has 0 N–H and O–H groups in total. The molecule has 2 fully saturated rings. The zero-order valence-electron chi connectivity index (χ0n) is 20.2. The molecule has 2 aliphatic heterocycles. The number of rotatable bonds is 4. The van der Waals surface area contributed by atoms with Crippen LogP contribution in [0, 0.1) is 0 Å². The number of carbonyl (C=O) groups is 3. The van der Waals surface area contributed by atoms with E-state index in [9.17, 15) is 14.4 Å². The Kier molecular flexibility index (Phi) is 6.25. The summed E-state index contributed by atoms with van der Waals surface area (Å²) in [6, 6.07) is 12.8. The van der Waals surface area contributed by atoms with E-state index in [4.69, 9.17) is 8.83 Å². The molecule has 0 radical (unpaired) electrons. The van der Waals surface area contributed by atoms with Crippen molar-refractivity contribution in [1.29, 1.82) is 0 Å². The highest BCUT2D eigenvalue weighted by atomic mass is 32.1. The van der Waals surface area contributed by atoms with Crippen molar-refractivity contribution in [1.82, 2.24) is 19.7 Å². The summed E-state index contributed by atoms with van der Waals surface area (Å²) in [4.78, 5) is 48.4. The van der Waals surface area contributed by atoms with Crippen molar-refractivity contribution < 1.29 is 23.2 Å². The predicted molar refractivity (Wildman–Crippen MR) is 137 cm³/mol. The summed E-state index contributed by atoms with van der Waals surface area (Å²) in [6.45, 7) is 3.07. The number of likely N-dealkylation sites (tertiary alicyclic amines) is 1. The molecule has 6 rings (SSSR count). The number of carbonyl (C=O) groups excluding carboxylic acids is 3. The molecule has 3 aromatic heterocycles. The second-order valence-electron chi connectivity index (χ2n) is 9.35. The first-order valence-electron chi connectivity index (χ1n) is 12.4. The number of piperazine rings is 1. The van der Waals surface area contributed by atoms with Gasteiger partial charge in [-0.25, -0.2) is 4.98 Å². The molecule has 0 atom stereocenters. The van der Waals surface area contributed by atoms with E-state index < -0.39 is 0 Å². The Morgan fingerprint density at radius 1 is 0.811 bits per heavy atom. The van der Waals surface area contributed by atoms with Crippen molar-refractivity contribution >= 4 is 40.0 Å². The van der Waals surface area contributed by atoms with Crippen LogP contribution >= 0.6 is 11.3 Å². The van der Waals surface area contributed by atoms with Crippen molar-refractivity contribution in [2.45, 2.75) is 18.8 Å². The largest absolute Gasteiger partial charge is 0.459 e. The van der Waals surface area contributed by atoms with Crippen LogP contribution < -0.4 is 0 Å². The molecule has 5 heterocycles. The van der Waals surface area contributed by atoms with E-state index >= 15 is 0 Å². The highest BCUT2D eigenvalue weighted by molar-refractivity contribution is 7.09. The maximum absolute atomic E-state index is 13.1. The van der Waals surface area contributed by atoms with Crippen molar-refractivity contribution in [2.75, 3.05) is 39.3 Å². The lowest BCUT2D eigenvalue weighted by Gasteiger charge is -2.34. The summed E-state index contributed by atoms with van der Waals surface area (Å²) in [5, 5.41) is 3.68. The summed E-state index contributed by atoms with van der Waals surface area (Å²) in [5.41, 5.74) is 1.16. The van der Waals surface area contributed by atoms with Crippen LogP contribution in [0.1, 0.15) is 55.4 Å². The third-order valence-corrected chi connectivity index (χ3v) is 8.10. The first-order chi connectivity index (χ1) is 18.1. The molecular weight excluding hydrogens is 492 g/mol. The lowest BCUT2D eigenvalue weighted by Crippen LogP contribution is -2.50. The van der Waals surface area contributed by atoms with E-state index in [2.05, 4.69) is 4.98 Å². The Morgan fingerprint density at radius 3 is 2.19 bits per heavy atom. The fourth-order valence-corrected chi connectivity index (χ4v) is 5.94. The van der Waals surface area contributed by atoms with Crippen LogP contribution in [-0.2, 0) is 0 Å². The normalized spacial score (nSPS) is 16.9. The van der Waals surface area contributed by atoms with Gasteiger partial charge in [0.2, 0.25) is 0 Å². The van der Waals surface area contributed by atoms with E-state index in [0.717, 1.165) is 23.2 Å². The standard InChI is InChI=1S/C27H26N4O5S/c32-25(30-11-13-31(14-12-30)26(33)22-6-3-15-35-22)20-17-37-24(28-20)18-7-9-29(10-8-18)27(34)23-16-19-4-1-2-5-21(19)36-23/h1-6,15-18H,7-14H2. The SMILES string of the molecule is O=C(c1csc(C2CCN(C(=O)c3cc4ccccc4o3)CC2)n1)N1CCN(C(=O)c2ccco2)CC1. The Bertz CT molecular complexity index is 1390. The summed E-state index contributed by atoms with van der Waals surface area (Å²) < 4.78 is 11.0. The van der Waals surface area contributed by atoms with Gasteiger partial charge < -0.3 is 23.5 Å². The predicted octanol–water partition coefficient (Wildman–Crippen LogP) is 4.10. The van der Waals surface area contributed by atoms with Crippen molar-refractivity contribution in [3.8, 4) is 0 Å². The van der Waals surface area contributed by atoms with E-state index in [0.29, 0.717) is 62.1 Å². The number of amides is 3. The highest BCUT2D eigenvalue weighted by Gasteiger charge is 2.30. The van der Waals surface area contributed by atoms with Gasteiger partial charge in [0.05, 0.1) is 11.3 Å². The average molecular weight is 519 g/mol. The van der Waals surface area contributed by atoms with E-state index in [-0.39, 0.29) is 23.6 Å². The third-order valence-electron chi connectivity index (χ3n) is 7.09. The average Bonchev–Trinajstić information content (AvgIpc) is 3.73. The van der Waals surface area contributed by atoms with Gasteiger partial charge in [0.15, 0.2) is 11.5 Å². The van der Waals surface area contributed by atoms with Gasteiger partial charge in [-0.1, -0.05) is 18.2 Å². The number of nitrogens with zero attached hydrogens (tertiary/aromatic N) is 4. The number of furan rings is 2. The van der Waals surface area contributed by atoms with Gasteiger partial charge in [0, 0.05) is 56.0 Å². The van der Waals surface area contributed by atoms with Gasteiger partial charge in [0.1, 0.15) is 11.3 Å². The molecule has 2 aliphatic rings. The van der Waals surface area contributed by atoms with Crippen LogP contribution in [0.3, 0.4) is 0 Å².